The van der Waals surface area contributed by atoms with Crippen LogP contribution in [-0.4, -0.2) is 59.2 Å². The Hall–Kier alpha value is -0.394. The van der Waals surface area contributed by atoms with Gasteiger partial charge in [0.1, 0.15) is 5.78 Å². The first-order valence-corrected chi connectivity index (χ1v) is 5.15. The number of ketones is 2. The Morgan fingerprint density at radius 3 is 1.48 bits per heavy atom. The molecule has 0 aliphatic heterocycles. The molecule has 0 N–H and O–H groups in total. The molecule has 0 aromatic rings. The van der Waals surface area contributed by atoms with E-state index in [4.69, 9.17) is 0 Å². The third kappa shape index (κ3) is 15.8. The number of carbonyl (C=O) groups excluding carboxylic acids is 2. The summed E-state index contributed by atoms with van der Waals surface area (Å²) < 4.78 is 68.0. The van der Waals surface area contributed by atoms with Crippen LogP contribution < -0.4 is 10.2 Å². The number of carbonyl (C=O) groups is 2. The maximum absolute atomic E-state index is 11.3. The van der Waals surface area contributed by atoms with Crippen molar-refractivity contribution < 1.29 is 46.1 Å². The molecule has 4 nitrogen and oxygen atoms in total. The number of rotatable bonds is 4. The zero-order chi connectivity index (χ0) is 16.7. The Labute approximate surface area is 132 Å². The van der Waals surface area contributed by atoms with E-state index in [2.05, 4.69) is 0 Å². The molecule has 0 aliphatic carbocycles. The predicted molar refractivity (Wildman–Crippen MR) is 56.0 cm³/mol. The predicted octanol–water partition coefficient (Wildman–Crippen LogP) is 0.133. The van der Waals surface area contributed by atoms with Gasteiger partial charge in [-0.05, 0) is 13.0 Å². The van der Waals surface area contributed by atoms with Crippen molar-refractivity contribution in [1.82, 2.24) is 0 Å². The fourth-order valence-corrected chi connectivity index (χ4v) is 0.754. The van der Waals surface area contributed by atoms with E-state index < -0.39 is 49.0 Å². The van der Waals surface area contributed by atoms with Gasteiger partial charge >= 0.3 is 35.4 Å². The summed E-state index contributed by atoms with van der Waals surface area (Å²) in [5.74, 6) is -2.69. The molecule has 0 aliphatic rings. The molecule has 2 atom stereocenters. The average molecular weight is 334 g/mol. The van der Waals surface area contributed by atoms with Crippen LogP contribution in [0.3, 0.4) is 0 Å². The fourth-order valence-electron chi connectivity index (χ4n) is 0.754. The Bertz CT molecular complexity index is 326. The standard InChI is InChI=1S/2C5H6F3O2.Mg/c2*1-3(9)2-4(10)5(6,7)8;/h4H,2H2,1H3;3H,2H2,1H3;/q2*-1;+2. The largest absolute Gasteiger partial charge is 2.00 e. The van der Waals surface area contributed by atoms with E-state index >= 15 is 0 Å². The van der Waals surface area contributed by atoms with Crippen molar-refractivity contribution in [2.45, 2.75) is 51.2 Å². The Kier molecular flexibility index (Phi) is 12.6. The van der Waals surface area contributed by atoms with E-state index in [-0.39, 0.29) is 23.1 Å². The first kappa shape index (κ1) is 25.6. The molecule has 0 aromatic carbocycles. The molecule has 0 bridgehead atoms. The van der Waals surface area contributed by atoms with Crippen molar-refractivity contribution in [2.24, 2.45) is 0 Å². The van der Waals surface area contributed by atoms with Gasteiger partial charge in [0.05, 0.1) is 0 Å². The topological polar surface area (TPSA) is 80.3 Å². The van der Waals surface area contributed by atoms with Crippen molar-refractivity contribution in [3.05, 3.63) is 0 Å². The van der Waals surface area contributed by atoms with Crippen LogP contribution in [0.25, 0.3) is 0 Å². The summed E-state index contributed by atoms with van der Waals surface area (Å²) in [6.45, 7) is 1.97. The summed E-state index contributed by atoms with van der Waals surface area (Å²) in [6.07, 6.45) is -15.8. The molecular formula is C10H12F6MgO4. The molecule has 120 valence electrons. The van der Waals surface area contributed by atoms with Gasteiger partial charge in [-0.3, -0.25) is 4.79 Å². The molecule has 0 rings (SSSR count). The van der Waals surface area contributed by atoms with E-state index in [1.165, 1.54) is 0 Å². The molecule has 0 saturated heterocycles. The molecule has 0 saturated carbocycles. The molecule has 0 heterocycles. The first-order chi connectivity index (χ1) is 8.67. The van der Waals surface area contributed by atoms with Crippen LogP contribution in [-0.2, 0) is 9.59 Å². The monoisotopic (exact) mass is 334 g/mol. The van der Waals surface area contributed by atoms with Gasteiger partial charge in [-0.15, -0.1) is 6.10 Å². The molecule has 0 spiro atoms. The summed E-state index contributed by atoms with van der Waals surface area (Å²) in [7, 11) is 0. The van der Waals surface area contributed by atoms with Crippen LogP contribution in [0.15, 0.2) is 0 Å². The molecular weight excluding hydrogens is 322 g/mol. The summed E-state index contributed by atoms with van der Waals surface area (Å²) in [5.41, 5.74) is 0. The SMILES string of the molecule is CC(=O)CC([O-])C(F)(F)F.CC([O-])CC(=O)C(F)(F)F.[Mg+2]. The van der Waals surface area contributed by atoms with E-state index in [0.717, 1.165) is 13.8 Å². The van der Waals surface area contributed by atoms with Crippen LogP contribution in [0.4, 0.5) is 26.3 Å². The molecule has 0 aromatic heterocycles. The van der Waals surface area contributed by atoms with Gasteiger partial charge in [-0.1, -0.05) is 6.92 Å². The zero-order valence-electron chi connectivity index (χ0n) is 11.2. The van der Waals surface area contributed by atoms with Gasteiger partial charge < -0.3 is 15.0 Å². The van der Waals surface area contributed by atoms with Crippen molar-refractivity contribution in [3.8, 4) is 0 Å². The van der Waals surface area contributed by atoms with Crippen LogP contribution >= 0.6 is 0 Å². The molecule has 0 radical (unpaired) electrons. The zero-order valence-corrected chi connectivity index (χ0v) is 12.6. The third-order valence-corrected chi connectivity index (χ3v) is 1.63. The third-order valence-electron chi connectivity index (χ3n) is 1.63. The van der Waals surface area contributed by atoms with Crippen molar-refractivity contribution in [2.75, 3.05) is 0 Å². The van der Waals surface area contributed by atoms with Crippen LogP contribution in [0.2, 0.25) is 0 Å². The van der Waals surface area contributed by atoms with Gasteiger partial charge in [0, 0.05) is 12.8 Å². The summed E-state index contributed by atoms with van der Waals surface area (Å²) in [5, 5.41) is 20.1. The Morgan fingerprint density at radius 2 is 1.38 bits per heavy atom. The molecule has 0 fully saturated rings. The normalized spacial score (nSPS) is 14.2. The number of hydrogen-bond donors (Lipinski definition) is 0. The van der Waals surface area contributed by atoms with Gasteiger partial charge in [0.25, 0.3) is 0 Å². The van der Waals surface area contributed by atoms with Crippen molar-refractivity contribution >= 4 is 34.6 Å². The molecule has 11 heteroatoms. The maximum Gasteiger partial charge on any atom is 2.00 e. The second-order valence-corrected chi connectivity index (χ2v) is 3.87. The first-order valence-electron chi connectivity index (χ1n) is 5.15. The minimum atomic E-state index is -4.85. The number of hydrogen-bond acceptors (Lipinski definition) is 4. The summed E-state index contributed by atoms with van der Waals surface area (Å²) in [6, 6.07) is 0. The Balaban J connectivity index is -0.000000295. The van der Waals surface area contributed by atoms with E-state index in [9.17, 15) is 46.1 Å². The van der Waals surface area contributed by atoms with E-state index in [1.54, 1.807) is 0 Å². The molecule has 21 heavy (non-hydrogen) atoms. The second-order valence-electron chi connectivity index (χ2n) is 3.87. The van der Waals surface area contributed by atoms with Gasteiger partial charge in [0.2, 0.25) is 5.78 Å². The fraction of sp³-hybridized carbons (Fsp3) is 0.800. The maximum atomic E-state index is 11.3. The molecule has 0 amide bonds. The minimum Gasteiger partial charge on any atom is -0.852 e. The van der Waals surface area contributed by atoms with Crippen molar-refractivity contribution in [1.29, 1.82) is 0 Å². The molecule has 2 unspecified atom stereocenters. The number of Topliss-reactive ketones (excluding diaryl/α,β-unsaturated/α-hetero) is 2. The number of halogens is 6. The van der Waals surface area contributed by atoms with Gasteiger partial charge in [-0.25, -0.2) is 0 Å². The minimum absolute atomic E-state index is 0. The summed E-state index contributed by atoms with van der Waals surface area (Å²) >= 11 is 0. The second kappa shape index (κ2) is 10.4. The van der Waals surface area contributed by atoms with Gasteiger partial charge in [-0.2, -0.15) is 26.3 Å². The average Bonchev–Trinajstić information content (AvgIpc) is 2.13. The summed E-state index contributed by atoms with van der Waals surface area (Å²) in [4.78, 5) is 20.0. The van der Waals surface area contributed by atoms with Gasteiger partial charge in [0.15, 0.2) is 0 Å². The Morgan fingerprint density at radius 1 is 1.00 bits per heavy atom. The van der Waals surface area contributed by atoms with E-state index in [1.807, 2.05) is 0 Å². The number of alkyl halides is 6. The van der Waals surface area contributed by atoms with Crippen LogP contribution in [0.1, 0.15) is 26.7 Å². The van der Waals surface area contributed by atoms with Crippen molar-refractivity contribution in [3.63, 3.8) is 0 Å². The smallest absolute Gasteiger partial charge is 0.852 e. The van der Waals surface area contributed by atoms with Crippen LogP contribution in [0, 0.1) is 0 Å². The van der Waals surface area contributed by atoms with Crippen LogP contribution in [0.5, 0.6) is 0 Å². The quantitative estimate of drug-likeness (QED) is 0.541. The van der Waals surface area contributed by atoms with E-state index in [0.29, 0.717) is 0 Å².